The second-order valence-corrected chi connectivity index (χ2v) is 9.71. The van der Waals surface area contributed by atoms with Crippen molar-refractivity contribution in [3.8, 4) is 11.3 Å². The van der Waals surface area contributed by atoms with E-state index in [2.05, 4.69) is 27.9 Å². The molecule has 3 N–H and O–H groups in total. The fourth-order valence-corrected chi connectivity index (χ4v) is 5.51. The van der Waals surface area contributed by atoms with Crippen LogP contribution in [-0.4, -0.2) is 44.3 Å². The molecule has 2 aromatic heterocycles. The highest BCUT2D eigenvalue weighted by Gasteiger charge is 2.31. The van der Waals surface area contributed by atoms with Crippen LogP contribution < -0.4 is 11.1 Å². The van der Waals surface area contributed by atoms with Gasteiger partial charge >= 0.3 is 0 Å². The standard InChI is InChI=1S/C28H31FN6O2/c1-3-22(36)31-15-17-6-11-20(21(29)14-17)25-23(24-26(30)32-16-33-27(24)34(25)2)18-7-9-19(10-8-18)28(37)35-12-4-5-13-35/h3,6-7,11,14,16,19H,1,4-5,8-10,12-13,15H2,2H3,(H,31,36)(H2,30,32,33)/t19-/m0/s1. The number of rotatable bonds is 6. The van der Waals surface area contributed by atoms with Crippen LogP contribution >= 0.6 is 0 Å². The summed E-state index contributed by atoms with van der Waals surface area (Å²) in [5.41, 5.74) is 10.5. The lowest BCUT2D eigenvalue weighted by atomic mass is 9.84. The van der Waals surface area contributed by atoms with E-state index in [9.17, 15) is 9.59 Å². The third kappa shape index (κ3) is 4.61. The number of aryl methyl sites for hydroxylation is 1. The Morgan fingerprint density at radius 2 is 2.05 bits per heavy atom. The Bertz CT molecular complexity index is 1420. The van der Waals surface area contributed by atoms with Gasteiger partial charge in [0.05, 0.1) is 11.1 Å². The summed E-state index contributed by atoms with van der Waals surface area (Å²) in [5, 5.41) is 3.36. The van der Waals surface area contributed by atoms with Crippen LogP contribution in [0.25, 0.3) is 27.9 Å². The lowest BCUT2D eigenvalue weighted by Gasteiger charge is -2.26. The van der Waals surface area contributed by atoms with Crippen LogP contribution in [0.3, 0.4) is 0 Å². The number of amides is 2. The fraction of sp³-hybridized carbons (Fsp3) is 0.357. The Morgan fingerprint density at radius 3 is 2.73 bits per heavy atom. The molecule has 9 heteroatoms. The van der Waals surface area contributed by atoms with Crippen LogP contribution in [0.15, 0.2) is 43.3 Å². The molecule has 5 rings (SSSR count). The minimum absolute atomic E-state index is 0.0318. The number of nitrogens with zero attached hydrogens (tertiary/aromatic N) is 4. The van der Waals surface area contributed by atoms with E-state index in [4.69, 9.17) is 5.73 Å². The van der Waals surface area contributed by atoms with Crippen molar-refractivity contribution in [2.45, 2.75) is 38.6 Å². The second kappa shape index (κ2) is 10.2. The summed E-state index contributed by atoms with van der Waals surface area (Å²) in [6.07, 6.45) is 8.88. The third-order valence-corrected chi connectivity index (χ3v) is 7.44. The van der Waals surface area contributed by atoms with Crippen molar-refractivity contribution in [2.24, 2.45) is 13.0 Å². The van der Waals surface area contributed by atoms with E-state index in [1.165, 1.54) is 18.5 Å². The Labute approximate surface area is 215 Å². The first-order chi connectivity index (χ1) is 17.9. The number of nitrogens with one attached hydrogen (secondary N) is 1. The van der Waals surface area contributed by atoms with Gasteiger partial charge in [0.15, 0.2) is 0 Å². The maximum absolute atomic E-state index is 15.6. The van der Waals surface area contributed by atoms with E-state index >= 15 is 4.39 Å². The number of nitrogens with two attached hydrogens (primary N) is 1. The van der Waals surface area contributed by atoms with E-state index in [1.807, 2.05) is 16.5 Å². The Kier molecular flexibility index (Phi) is 6.78. The molecule has 1 aliphatic heterocycles. The molecule has 3 aromatic rings. The average molecular weight is 503 g/mol. The molecule has 0 saturated carbocycles. The van der Waals surface area contributed by atoms with Crippen LogP contribution in [0.1, 0.15) is 43.2 Å². The quantitative estimate of drug-likeness (QED) is 0.496. The molecular weight excluding hydrogens is 471 g/mol. The topological polar surface area (TPSA) is 106 Å². The predicted molar refractivity (Wildman–Crippen MR) is 141 cm³/mol. The van der Waals surface area contributed by atoms with E-state index in [-0.39, 0.29) is 24.3 Å². The average Bonchev–Trinajstić information content (AvgIpc) is 3.55. The molecule has 1 atom stereocenters. The smallest absolute Gasteiger partial charge is 0.243 e. The molecule has 1 aromatic carbocycles. The maximum Gasteiger partial charge on any atom is 0.243 e. The van der Waals surface area contributed by atoms with Gasteiger partial charge in [-0.25, -0.2) is 14.4 Å². The number of nitrogen functional groups attached to an aromatic ring is 1. The molecule has 0 bridgehead atoms. The number of benzene rings is 1. The zero-order chi connectivity index (χ0) is 26.1. The number of anilines is 1. The highest BCUT2D eigenvalue weighted by molar-refractivity contribution is 6.04. The first-order valence-electron chi connectivity index (χ1n) is 12.6. The Balaban J connectivity index is 1.54. The normalized spacial score (nSPS) is 17.6. The number of allylic oxidation sites excluding steroid dienone is 2. The van der Waals surface area contributed by atoms with Crippen molar-refractivity contribution < 1.29 is 14.0 Å². The monoisotopic (exact) mass is 502 g/mol. The molecule has 2 aliphatic rings. The van der Waals surface area contributed by atoms with Crippen molar-refractivity contribution >= 4 is 34.2 Å². The molecule has 2 amide bonds. The van der Waals surface area contributed by atoms with Crippen molar-refractivity contribution in [1.29, 1.82) is 0 Å². The van der Waals surface area contributed by atoms with Crippen molar-refractivity contribution in [3.05, 3.63) is 60.2 Å². The molecule has 8 nitrogen and oxygen atoms in total. The van der Waals surface area contributed by atoms with Gasteiger partial charge in [0.25, 0.3) is 0 Å². The maximum atomic E-state index is 15.6. The number of hydrogen-bond acceptors (Lipinski definition) is 5. The van der Waals surface area contributed by atoms with E-state index in [0.29, 0.717) is 46.5 Å². The minimum atomic E-state index is -0.414. The molecule has 192 valence electrons. The number of likely N-dealkylation sites (tertiary alicyclic amines) is 1. The van der Waals surface area contributed by atoms with Crippen LogP contribution in [-0.2, 0) is 23.2 Å². The number of carbonyl (C=O) groups excluding carboxylic acids is 2. The van der Waals surface area contributed by atoms with Crippen molar-refractivity contribution in [1.82, 2.24) is 24.8 Å². The SMILES string of the molecule is C=CC(=O)NCc1ccc(-c2c(C3=CC[C@H](C(=O)N4CCCC4)CC3)c3c(N)ncnc3n2C)c(F)c1. The van der Waals surface area contributed by atoms with E-state index < -0.39 is 5.82 Å². The van der Waals surface area contributed by atoms with Gasteiger partial charge < -0.3 is 20.5 Å². The molecule has 37 heavy (non-hydrogen) atoms. The van der Waals surface area contributed by atoms with Crippen LogP contribution in [0, 0.1) is 11.7 Å². The summed E-state index contributed by atoms with van der Waals surface area (Å²) >= 11 is 0. The zero-order valence-corrected chi connectivity index (χ0v) is 21.0. The van der Waals surface area contributed by atoms with Gasteiger partial charge in [0.1, 0.15) is 23.6 Å². The lowest BCUT2D eigenvalue weighted by Crippen LogP contribution is -2.34. The summed E-state index contributed by atoms with van der Waals surface area (Å²) in [6.45, 7) is 5.32. The number of carbonyl (C=O) groups is 2. The van der Waals surface area contributed by atoms with Crippen LogP contribution in [0.4, 0.5) is 10.2 Å². The van der Waals surface area contributed by atoms with Crippen LogP contribution in [0.2, 0.25) is 0 Å². The van der Waals surface area contributed by atoms with Gasteiger partial charge in [-0.15, -0.1) is 0 Å². The van der Waals surface area contributed by atoms with Gasteiger partial charge in [-0.2, -0.15) is 0 Å². The number of aromatic nitrogens is 3. The van der Waals surface area contributed by atoms with Crippen LogP contribution in [0.5, 0.6) is 0 Å². The molecular formula is C28H31FN6O2. The minimum Gasteiger partial charge on any atom is -0.383 e. The fourth-order valence-electron chi connectivity index (χ4n) is 5.51. The van der Waals surface area contributed by atoms with Crippen molar-refractivity contribution in [3.63, 3.8) is 0 Å². The molecule has 3 heterocycles. The van der Waals surface area contributed by atoms with E-state index in [1.54, 1.807) is 12.1 Å². The molecule has 1 aliphatic carbocycles. The van der Waals surface area contributed by atoms with Gasteiger partial charge in [-0.1, -0.05) is 18.7 Å². The zero-order valence-electron chi connectivity index (χ0n) is 21.0. The number of fused-ring (bicyclic) bond motifs is 1. The summed E-state index contributed by atoms with van der Waals surface area (Å²) < 4.78 is 17.4. The molecule has 0 spiro atoms. The van der Waals surface area contributed by atoms with Gasteiger partial charge in [-0.05, 0) is 61.4 Å². The van der Waals surface area contributed by atoms with Gasteiger partial charge in [0, 0.05) is 43.7 Å². The summed E-state index contributed by atoms with van der Waals surface area (Å²) in [5.74, 6) is -0.195. The van der Waals surface area contributed by atoms with Crippen molar-refractivity contribution in [2.75, 3.05) is 18.8 Å². The Morgan fingerprint density at radius 1 is 1.27 bits per heavy atom. The largest absolute Gasteiger partial charge is 0.383 e. The highest BCUT2D eigenvalue weighted by atomic mass is 19.1. The first kappa shape index (κ1) is 24.7. The molecule has 0 unspecified atom stereocenters. The predicted octanol–water partition coefficient (Wildman–Crippen LogP) is 3.96. The van der Waals surface area contributed by atoms with Gasteiger partial charge in [-0.3, -0.25) is 9.59 Å². The number of hydrogen-bond donors (Lipinski definition) is 2. The summed E-state index contributed by atoms with van der Waals surface area (Å²) in [7, 11) is 1.84. The lowest BCUT2D eigenvalue weighted by molar-refractivity contribution is -0.134. The van der Waals surface area contributed by atoms with E-state index in [0.717, 1.165) is 43.5 Å². The summed E-state index contributed by atoms with van der Waals surface area (Å²) in [6, 6.07) is 4.93. The first-order valence-corrected chi connectivity index (χ1v) is 12.6. The number of halogens is 1. The molecule has 0 radical (unpaired) electrons. The second-order valence-electron chi connectivity index (χ2n) is 9.71. The molecule has 1 saturated heterocycles. The Hall–Kier alpha value is -4.01. The van der Waals surface area contributed by atoms with Gasteiger partial charge in [0.2, 0.25) is 11.8 Å². The third-order valence-electron chi connectivity index (χ3n) is 7.44. The highest BCUT2D eigenvalue weighted by Crippen LogP contribution is 2.43. The summed E-state index contributed by atoms with van der Waals surface area (Å²) in [4.78, 5) is 35.1. The molecule has 1 fully saturated rings.